The lowest BCUT2D eigenvalue weighted by atomic mass is 9.98. The van der Waals surface area contributed by atoms with Crippen LogP contribution in [0.5, 0.6) is 0 Å². The summed E-state index contributed by atoms with van der Waals surface area (Å²) in [6.45, 7) is 0.138. The first-order valence-corrected chi connectivity index (χ1v) is 9.74. The van der Waals surface area contributed by atoms with Crippen molar-refractivity contribution in [3.8, 4) is 11.1 Å². The van der Waals surface area contributed by atoms with Gasteiger partial charge in [-0.3, -0.25) is 5.32 Å². The zero-order valence-corrected chi connectivity index (χ0v) is 16.3. The van der Waals surface area contributed by atoms with Crippen LogP contribution in [-0.2, 0) is 4.74 Å². The van der Waals surface area contributed by atoms with Crippen LogP contribution >= 0.6 is 0 Å². The van der Waals surface area contributed by atoms with Crippen molar-refractivity contribution in [3.63, 3.8) is 0 Å². The second-order valence-electron chi connectivity index (χ2n) is 7.17. The number of rotatable bonds is 4. The van der Waals surface area contributed by atoms with Gasteiger partial charge in [-0.1, -0.05) is 66.7 Å². The van der Waals surface area contributed by atoms with E-state index in [1.165, 1.54) is 0 Å². The number of carboxylic acid groups (broad SMARTS) is 1. The van der Waals surface area contributed by atoms with Gasteiger partial charge in [-0.25, -0.2) is 19.6 Å². The van der Waals surface area contributed by atoms with Crippen molar-refractivity contribution < 1.29 is 19.4 Å². The van der Waals surface area contributed by atoms with Crippen molar-refractivity contribution >= 4 is 28.9 Å². The molecule has 1 heterocycles. The lowest BCUT2D eigenvalue weighted by Gasteiger charge is -2.14. The molecule has 2 N–H and O–H groups in total. The molecule has 31 heavy (non-hydrogen) atoms. The fraction of sp³-hybridized carbons (Fsp3) is 0.0833. The molecule has 1 aromatic heterocycles. The van der Waals surface area contributed by atoms with Crippen molar-refractivity contribution in [1.82, 2.24) is 9.97 Å². The number of carboxylic acids is 1. The summed E-state index contributed by atoms with van der Waals surface area (Å²) >= 11 is 0. The van der Waals surface area contributed by atoms with Crippen LogP contribution in [0.3, 0.4) is 0 Å². The van der Waals surface area contributed by atoms with E-state index in [4.69, 9.17) is 4.74 Å². The quantitative estimate of drug-likeness (QED) is 0.505. The second-order valence-corrected chi connectivity index (χ2v) is 7.17. The number of hydrogen-bond acceptors (Lipinski definition) is 5. The average molecular weight is 411 g/mol. The first-order valence-electron chi connectivity index (χ1n) is 9.74. The van der Waals surface area contributed by atoms with Gasteiger partial charge in [0.25, 0.3) is 0 Å². The van der Waals surface area contributed by atoms with E-state index in [0.717, 1.165) is 22.3 Å². The van der Waals surface area contributed by atoms with Gasteiger partial charge < -0.3 is 9.84 Å². The number of fused-ring (bicyclic) bond motifs is 4. The van der Waals surface area contributed by atoms with Crippen molar-refractivity contribution in [1.29, 1.82) is 0 Å². The molecule has 3 aromatic carbocycles. The Balaban J connectivity index is 1.36. The predicted molar refractivity (Wildman–Crippen MR) is 115 cm³/mol. The molecule has 0 atom stereocenters. The van der Waals surface area contributed by atoms with E-state index in [1.54, 1.807) is 24.3 Å². The minimum atomic E-state index is -1.20. The second kappa shape index (κ2) is 7.53. The SMILES string of the molecule is O=C(Nc1nc(C(=O)O)c2ccccc2n1)OCC1c2ccccc2-c2ccccc21. The van der Waals surface area contributed by atoms with Crippen molar-refractivity contribution in [2.45, 2.75) is 5.92 Å². The van der Waals surface area contributed by atoms with E-state index in [1.807, 2.05) is 36.4 Å². The zero-order valence-electron chi connectivity index (χ0n) is 16.3. The number of carbonyl (C=O) groups is 2. The number of aromatic carboxylic acids is 1. The Morgan fingerprint density at radius 2 is 1.48 bits per heavy atom. The predicted octanol–water partition coefficient (Wildman–Crippen LogP) is 4.69. The summed E-state index contributed by atoms with van der Waals surface area (Å²) < 4.78 is 5.48. The molecule has 1 aliphatic carbocycles. The number of amides is 1. The molecule has 7 nitrogen and oxygen atoms in total. The number of ether oxygens (including phenoxy) is 1. The first-order chi connectivity index (χ1) is 15.1. The highest BCUT2D eigenvalue weighted by atomic mass is 16.5. The lowest BCUT2D eigenvalue weighted by molar-refractivity contribution is 0.0692. The van der Waals surface area contributed by atoms with Crippen LogP contribution in [0.25, 0.3) is 22.0 Å². The van der Waals surface area contributed by atoms with Gasteiger partial charge in [0.15, 0.2) is 5.69 Å². The van der Waals surface area contributed by atoms with Crippen LogP contribution in [-0.4, -0.2) is 33.7 Å². The Hall–Kier alpha value is -4.26. The molecular formula is C24H17N3O4. The number of nitrogens with zero attached hydrogens (tertiary/aromatic N) is 2. The number of para-hydroxylation sites is 1. The van der Waals surface area contributed by atoms with Gasteiger partial charge in [0.1, 0.15) is 6.61 Å². The van der Waals surface area contributed by atoms with Crippen molar-refractivity contribution in [3.05, 3.63) is 89.6 Å². The van der Waals surface area contributed by atoms with Crippen LogP contribution in [0.2, 0.25) is 0 Å². The smallest absolute Gasteiger partial charge is 0.414 e. The van der Waals surface area contributed by atoms with Gasteiger partial charge >= 0.3 is 12.1 Å². The molecule has 5 rings (SSSR count). The van der Waals surface area contributed by atoms with Crippen molar-refractivity contribution in [2.75, 3.05) is 11.9 Å². The number of carbonyl (C=O) groups excluding carboxylic acids is 1. The van der Waals surface area contributed by atoms with Crippen LogP contribution in [0, 0.1) is 0 Å². The number of nitrogens with one attached hydrogen (secondary N) is 1. The minimum absolute atomic E-state index is 0.0785. The largest absolute Gasteiger partial charge is 0.476 e. The molecule has 0 fully saturated rings. The summed E-state index contributed by atoms with van der Waals surface area (Å²) in [6, 6.07) is 22.8. The Labute approximate surface area is 177 Å². The van der Waals surface area contributed by atoms with E-state index in [2.05, 4.69) is 27.4 Å². The Kier molecular flexibility index (Phi) is 4.55. The fourth-order valence-corrected chi connectivity index (χ4v) is 4.02. The molecule has 1 aliphatic rings. The van der Waals surface area contributed by atoms with Crippen LogP contribution in [0.15, 0.2) is 72.8 Å². The third-order valence-electron chi connectivity index (χ3n) is 5.36. The van der Waals surface area contributed by atoms with Crippen LogP contribution < -0.4 is 5.32 Å². The topological polar surface area (TPSA) is 101 Å². The molecule has 152 valence electrons. The van der Waals surface area contributed by atoms with Crippen LogP contribution in [0.4, 0.5) is 10.7 Å². The third kappa shape index (κ3) is 3.36. The highest BCUT2D eigenvalue weighted by Crippen LogP contribution is 2.44. The summed E-state index contributed by atoms with van der Waals surface area (Å²) in [6.07, 6.45) is -0.742. The summed E-state index contributed by atoms with van der Waals surface area (Å²) in [5, 5.41) is 12.3. The number of hydrogen-bond donors (Lipinski definition) is 2. The molecule has 7 heteroatoms. The molecule has 0 spiro atoms. The Morgan fingerprint density at radius 3 is 2.16 bits per heavy atom. The number of benzene rings is 3. The maximum atomic E-state index is 12.4. The van der Waals surface area contributed by atoms with Gasteiger partial charge in [0, 0.05) is 11.3 Å². The Morgan fingerprint density at radius 1 is 0.871 bits per heavy atom. The highest BCUT2D eigenvalue weighted by Gasteiger charge is 2.29. The van der Waals surface area contributed by atoms with Gasteiger partial charge in [0.05, 0.1) is 5.52 Å². The van der Waals surface area contributed by atoms with E-state index in [9.17, 15) is 14.7 Å². The lowest BCUT2D eigenvalue weighted by Crippen LogP contribution is -2.20. The summed E-state index contributed by atoms with van der Waals surface area (Å²) in [5.74, 6) is -1.40. The van der Waals surface area contributed by atoms with Crippen LogP contribution in [0.1, 0.15) is 27.5 Å². The molecule has 0 saturated carbocycles. The van der Waals surface area contributed by atoms with Gasteiger partial charge in [-0.05, 0) is 28.3 Å². The molecular weight excluding hydrogens is 394 g/mol. The van der Waals surface area contributed by atoms with Gasteiger partial charge in [-0.2, -0.15) is 0 Å². The Bertz CT molecular complexity index is 1290. The molecule has 4 aromatic rings. The van der Waals surface area contributed by atoms with E-state index in [-0.39, 0.29) is 24.2 Å². The van der Waals surface area contributed by atoms with E-state index in [0.29, 0.717) is 10.9 Å². The van der Waals surface area contributed by atoms with Crippen molar-refractivity contribution in [2.24, 2.45) is 0 Å². The first kappa shape index (κ1) is 18.7. The van der Waals surface area contributed by atoms with Gasteiger partial charge in [-0.15, -0.1) is 0 Å². The molecule has 0 unspecified atom stereocenters. The summed E-state index contributed by atoms with van der Waals surface area (Å²) in [7, 11) is 0. The summed E-state index contributed by atoms with van der Waals surface area (Å²) in [5.41, 5.74) is 4.72. The standard InChI is InChI=1S/C24H17N3O4/c28-22(29)21-18-11-5-6-12-20(18)25-23(26-21)27-24(30)31-13-19-16-9-3-1-7-14(16)15-8-2-4-10-17(15)19/h1-12,19H,13H2,(H,28,29)(H,25,26,27,30). The number of aromatic nitrogens is 2. The molecule has 1 amide bonds. The zero-order chi connectivity index (χ0) is 21.4. The van der Waals surface area contributed by atoms with E-state index >= 15 is 0 Å². The molecule has 0 bridgehead atoms. The maximum Gasteiger partial charge on any atom is 0.414 e. The van der Waals surface area contributed by atoms with E-state index < -0.39 is 12.1 Å². The normalized spacial score (nSPS) is 12.3. The monoisotopic (exact) mass is 411 g/mol. The molecule has 0 radical (unpaired) electrons. The molecule has 0 saturated heterocycles. The highest BCUT2D eigenvalue weighted by molar-refractivity contribution is 6.01. The minimum Gasteiger partial charge on any atom is -0.476 e. The fourth-order valence-electron chi connectivity index (χ4n) is 4.02. The summed E-state index contributed by atoms with van der Waals surface area (Å²) in [4.78, 5) is 32.2. The van der Waals surface area contributed by atoms with Gasteiger partial charge in [0.2, 0.25) is 5.95 Å². The number of anilines is 1. The maximum absolute atomic E-state index is 12.4. The average Bonchev–Trinajstić information content (AvgIpc) is 3.11. The molecule has 0 aliphatic heterocycles. The third-order valence-corrected chi connectivity index (χ3v) is 5.36.